The number of hydrogen-bond acceptors (Lipinski definition) is 5. The normalized spacial score (nSPS) is 10.7. The van der Waals surface area contributed by atoms with Crippen LogP contribution in [0, 0.1) is 0 Å². The first-order chi connectivity index (χ1) is 12.2. The number of benzene rings is 2. The van der Waals surface area contributed by atoms with Gasteiger partial charge in [0.25, 0.3) is 0 Å². The van der Waals surface area contributed by atoms with E-state index in [1.807, 2.05) is 30.3 Å². The number of ether oxygens (including phenoxy) is 1. The highest BCUT2D eigenvalue weighted by Crippen LogP contribution is 2.25. The van der Waals surface area contributed by atoms with Crippen LogP contribution in [0.5, 0.6) is 5.75 Å². The van der Waals surface area contributed by atoms with Crippen molar-refractivity contribution < 1.29 is 13.9 Å². The van der Waals surface area contributed by atoms with Crippen LogP contribution in [0.2, 0.25) is 0 Å². The number of carbonyl (C=O) groups excluding carboxylic acids is 1. The Bertz CT molecular complexity index is 1100. The van der Waals surface area contributed by atoms with Gasteiger partial charge in [-0.15, -0.1) is 11.3 Å². The third-order valence-electron chi connectivity index (χ3n) is 3.69. The molecule has 4 rings (SSSR count). The Hall–Kier alpha value is -3.18. The summed E-state index contributed by atoms with van der Waals surface area (Å²) in [6.07, 6.45) is 0. The fourth-order valence-corrected chi connectivity index (χ4v) is 3.09. The van der Waals surface area contributed by atoms with Crippen LogP contribution in [0.4, 0.5) is 0 Å². The van der Waals surface area contributed by atoms with Gasteiger partial charge < -0.3 is 9.15 Å². The maximum atomic E-state index is 12.4. The van der Waals surface area contributed by atoms with E-state index in [0.717, 1.165) is 5.56 Å². The van der Waals surface area contributed by atoms with E-state index in [2.05, 4.69) is 0 Å². The molecule has 0 aliphatic rings. The Kier molecular flexibility index (Phi) is 3.91. The number of esters is 1. The Labute approximate surface area is 146 Å². The van der Waals surface area contributed by atoms with E-state index in [4.69, 9.17) is 9.15 Å². The Balaban J connectivity index is 1.71. The molecule has 0 atom stereocenters. The molecule has 0 aliphatic carbocycles. The molecule has 0 amide bonds. The summed E-state index contributed by atoms with van der Waals surface area (Å²) in [7, 11) is 0. The summed E-state index contributed by atoms with van der Waals surface area (Å²) in [5.74, 6) is 0.367. The van der Waals surface area contributed by atoms with Crippen molar-refractivity contribution in [2.24, 2.45) is 0 Å². The summed E-state index contributed by atoms with van der Waals surface area (Å²) in [6, 6.07) is 19.1. The summed E-state index contributed by atoms with van der Waals surface area (Å²) < 4.78 is 11.2. The van der Waals surface area contributed by atoms with Crippen molar-refractivity contribution in [2.45, 2.75) is 0 Å². The first kappa shape index (κ1) is 15.4. The lowest BCUT2D eigenvalue weighted by Crippen LogP contribution is -2.07. The highest BCUT2D eigenvalue weighted by molar-refractivity contribution is 7.12. The predicted octanol–water partition coefficient (Wildman–Crippen LogP) is 4.74. The lowest BCUT2D eigenvalue weighted by atomic mass is 10.1. The van der Waals surface area contributed by atoms with E-state index < -0.39 is 5.97 Å². The van der Waals surface area contributed by atoms with Crippen LogP contribution in [-0.2, 0) is 0 Å². The topological polar surface area (TPSA) is 56.5 Å². The molecule has 4 aromatic rings. The van der Waals surface area contributed by atoms with Crippen LogP contribution in [-0.4, -0.2) is 5.97 Å². The summed E-state index contributed by atoms with van der Waals surface area (Å²) >= 11 is 1.30. The molecule has 0 unspecified atom stereocenters. The van der Waals surface area contributed by atoms with Crippen molar-refractivity contribution in [3.63, 3.8) is 0 Å². The molecule has 122 valence electrons. The van der Waals surface area contributed by atoms with Crippen LogP contribution in [0.25, 0.3) is 22.3 Å². The number of carbonyl (C=O) groups is 1. The minimum atomic E-state index is -0.445. The van der Waals surface area contributed by atoms with Gasteiger partial charge in [-0.2, -0.15) is 0 Å². The highest BCUT2D eigenvalue weighted by atomic mass is 32.1. The second-order valence-corrected chi connectivity index (χ2v) is 6.31. The number of hydrogen-bond donors (Lipinski definition) is 0. The highest BCUT2D eigenvalue weighted by Gasteiger charge is 2.12. The zero-order chi connectivity index (χ0) is 17.2. The zero-order valence-corrected chi connectivity index (χ0v) is 13.8. The number of thiophene rings is 1. The van der Waals surface area contributed by atoms with Crippen LogP contribution in [0.15, 0.2) is 81.3 Å². The summed E-state index contributed by atoms with van der Waals surface area (Å²) in [4.78, 5) is 25.0. The van der Waals surface area contributed by atoms with E-state index in [1.54, 1.807) is 29.6 Å². The monoisotopic (exact) mass is 348 g/mol. The van der Waals surface area contributed by atoms with Gasteiger partial charge in [-0.3, -0.25) is 4.79 Å². The van der Waals surface area contributed by atoms with Crippen LogP contribution in [0.1, 0.15) is 9.67 Å². The average Bonchev–Trinajstić information content (AvgIpc) is 3.18. The van der Waals surface area contributed by atoms with Gasteiger partial charge in [0, 0.05) is 11.6 Å². The fourth-order valence-electron chi connectivity index (χ4n) is 2.50. The lowest BCUT2D eigenvalue weighted by Gasteiger charge is -2.06. The van der Waals surface area contributed by atoms with E-state index in [1.165, 1.54) is 23.5 Å². The van der Waals surface area contributed by atoms with E-state index in [9.17, 15) is 9.59 Å². The Morgan fingerprint density at radius 3 is 2.56 bits per heavy atom. The molecule has 2 aromatic carbocycles. The molecule has 2 heterocycles. The quantitative estimate of drug-likeness (QED) is 0.396. The van der Waals surface area contributed by atoms with Crippen molar-refractivity contribution >= 4 is 28.3 Å². The molecule has 0 fully saturated rings. The molecule has 25 heavy (non-hydrogen) atoms. The van der Waals surface area contributed by atoms with Crippen molar-refractivity contribution in [2.75, 3.05) is 0 Å². The molecule has 0 spiro atoms. The van der Waals surface area contributed by atoms with Crippen molar-refractivity contribution in [3.8, 4) is 17.1 Å². The van der Waals surface area contributed by atoms with Crippen LogP contribution < -0.4 is 10.2 Å². The molecule has 0 saturated heterocycles. The van der Waals surface area contributed by atoms with Crippen molar-refractivity contribution in [3.05, 3.63) is 87.2 Å². The Morgan fingerprint density at radius 1 is 0.960 bits per heavy atom. The largest absolute Gasteiger partial charge is 0.456 e. The maximum Gasteiger partial charge on any atom is 0.353 e. The standard InChI is InChI=1S/C20H12O4S/c21-16-12-18(13-5-2-1-3-6-13)24-17-9-8-14(11-15(16)17)23-20(22)19-7-4-10-25-19/h1-12H. The second-order valence-electron chi connectivity index (χ2n) is 5.37. The fraction of sp³-hybridized carbons (Fsp3) is 0. The summed E-state index contributed by atoms with van der Waals surface area (Å²) in [5.41, 5.74) is 1.09. The molecule has 0 saturated carbocycles. The molecule has 0 N–H and O–H groups in total. The molecule has 2 aromatic heterocycles. The van der Waals surface area contributed by atoms with Gasteiger partial charge in [-0.1, -0.05) is 36.4 Å². The first-order valence-electron chi connectivity index (χ1n) is 7.60. The van der Waals surface area contributed by atoms with E-state index in [0.29, 0.717) is 27.4 Å². The van der Waals surface area contributed by atoms with Gasteiger partial charge in [0.05, 0.1) is 5.39 Å². The minimum absolute atomic E-state index is 0.186. The van der Waals surface area contributed by atoms with E-state index >= 15 is 0 Å². The van der Waals surface area contributed by atoms with Crippen LogP contribution >= 0.6 is 11.3 Å². The number of rotatable bonds is 3. The van der Waals surface area contributed by atoms with Gasteiger partial charge in [-0.05, 0) is 29.6 Å². The minimum Gasteiger partial charge on any atom is -0.456 e. The van der Waals surface area contributed by atoms with Gasteiger partial charge in [0.1, 0.15) is 22.0 Å². The molecule has 0 radical (unpaired) electrons. The molecule has 5 heteroatoms. The predicted molar refractivity (Wildman–Crippen MR) is 97.2 cm³/mol. The number of fused-ring (bicyclic) bond motifs is 1. The first-order valence-corrected chi connectivity index (χ1v) is 8.48. The third kappa shape index (κ3) is 3.09. The van der Waals surface area contributed by atoms with Gasteiger partial charge in [0.15, 0.2) is 5.43 Å². The maximum absolute atomic E-state index is 12.4. The molecule has 0 bridgehead atoms. The SMILES string of the molecule is O=C(Oc1ccc2oc(-c3ccccc3)cc(=O)c2c1)c1cccs1. The second kappa shape index (κ2) is 6.37. The summed E-state index contributed by atoms with van der Waals surface area (Å²) in [5, 5.41) is 2.17. The van der Waals surface area contributed by atoms with Crippen molar-refractivity contribution in [1.82, 2.24) is 0 Å². The van der Waals surface area contributed by atoms with Gasteiger partial charge in [-0.25, -0.2) is 4.79 Å². The van der Waals surface area contributed by atoms with E-state index in [-0.39, 0.29) is 5.43 Å². The molecular weight excluding hydrogens is 336 g/mol. The lowest BCUT2D eigenvalue weighted by molar-refractivity contribution is 0.0740. The summed E-state index contributed by atoms with van der Waals surface area (Å²) in [6.45, 7) is 0. The third-order valence-corrected chi connectivity index (χ3v) is 4.54. The smallest absolute Gasteiger partial charge is 0.353 e. The zero-order valence-electron chi connectivity index (χ0n) is 13.0. The Morgan fingerprint density at radius 2 is 1.80 bits per heavy atom. The van der Waals surface area contributed by atoms with Gasteiger partial charge >= 0.3 is 5.97 Å². The average molecular weight is 348 g/mol. The molecule has 4 nitrogen and oxygen atoms in total. The van der Waals surface area contributed by atoms with Gasteiger partial charge in [0.2, 0.25) is 0 Å². The van der Waals surface area contributed by atoms with Crippen LogP contribution in [0.3, 0.4) is 0 Å². The van der Waals surface area contributed by atoms with Crippen molar-refractivity contribution in [1.29, 1.82) is 0 Å². The molecule has 0 aliphatic heterocycles. The molecular formula is C20H12O4S.